The van der Waals surface area contributed by atoms with Crippen LogP contribution in [0.15, 0.2) is 6.07 Å². The van der Waals surface area contributed by atoms with Gasteiger partial charge in [0.1, 0.15) is 11.6 Å². The zero-order chi connectivity index (χ0) is 18.0. The summed E-state index contributed by atoms with van der Waals surface area (Å²) in [7, 11) is 0. The van der Waals surface area contributed by atoms with Gasteiger partial charge in [-0.05, 0) is 26.7 Å². The van der Waals surface area contributed by atoms with Gasteiger partial charge in [0.2, 0.25) is 5.91 Å². The Morgan fingerprint density at radius 1 is 1.00 bits per heavy atom. The number of piperazine rings is 1. The van der Waals surface area contributed by atoms with E-state index in [4.69, 9.17) is 4.98 Å². The maximum Gasteiger partial charge on any atom is 0.239 e. The van der Waals surface area contributed by atoms with E-state index in [1.54, 1.807) is 0 Å². The van der Waals surface area contributed by atoms with Crippen LogP contribution < -0.4 is 4.90 Å². The summed E-state index contributed by atoms with van der Waals surface area (Å²) in [5.41, 5.74) is 1.02. The SMILES string of the molecule is Cc1cc(N2CCN([C@@H](C)C(=O)N3CCCC3)CC2)nc(C(C)C)n1. The van der Waals surface area contributed by atoms with Crippen LogP contribution in [0.4, 0.5) is 5.82 Å². The van der Waals surface area contributed by atoms with Crippen LogP contribution in [0.5, 0.6) is 0 Å². The quantitative estimate of drug-likeness (QED) is 0.836. The maximum absolute atomic E-state index is 12.6. The molecule has 0 unspecified atom stereocenters. The highest BCUT2D eigenvalue weighted by molar-refractivity contribution is 5.81. The Kier molecular flexibility index (Phi) is 5.57. The molecule has 3 rings (SSSR count). The fraction of sp³-hybridized carbons (Fsp3) is 0.737. The van der Waals surface area contributed by atoms with E-state index in [2.05, 4.69) is 41.6 Å². The van der Waals surface area contributed by atoms with Crippen LogP contribution in [0.1, 0.15) is 51.0 Å². The smallest absolute Gasteiger partial charge is 0.239 e. The molecule has 2 saturated heterocycles. The molecule has 6 nitrogen and oxygen atoms in total. The second kappa shape index (κ2) is 7.68. The molecule has 0 bridgehead atoms. The Morgan fingerprint density at radius 2 is 1.64 bits per heavy atom. The van der Waals surface area contributed by atoms with Crippen molar-refractivity contribution in [2.45, 2.75) is 52.5 Å². The highest BCUT2D eigenvalue weighted by atomic mass is 16.2. The Hall–Kier alpha value is -1.69. The van der Waals surface area contributed by atoms with Crippen molar-refractivity contribution in [1.82, 2.24) is 19.8 Å². The van der Waals surface area contributed by atoms with Crippen molar-refractivity contribution in [3.63, 3.8) is 0 Å². The average molecular weight is 345 g/mol. The number of amides is 1. The highest BCUT2D eigenvalue weighted by Crippen LogP contribution is 2.20. The van der Waals surface area contributed by atoms with Gasteiger partial charge >= 0.3 is 0 Å². The number of aromatic nitrogens is 2. The topological polar surface area (TPSA) is 52.6 Å². The number of nitrogens with zero attached hydrogens (tertiary/aromatic N) is 5. The van der Waals surface area contributed by atoms with Crippen molar-refractivity contribution in [2.75, 3.05) is 44.2 Å². The summed E-state index contributed by atoms with van der Waals surface area (Å²) in [5.74, 6) is 2.56. The second-order valence-corrected chi connectivity index (χ2v) is 7.61. The third-order valence-corrected chi connectivity index (χ3v) is 5.34. The van der Waals surface area contributed by atoms with E-state index < -0.39 is 0 Å². The first-order valence-corrected chi connectivity index (χ1v) is 9.59. The Balaban J connectivity index is 1.61. The molecule has 25 heavy (non-hydrogen) atoms. The molecule has 6 heteroatoms. The normalized spacial score (nSPS) is 20.4. The molecule has 1 aromatic heterocycles. The first kappa shape index (κ1) is 18.1. The van der Waals surface area contributed by atoms with Gasteiger partial charge in [-0.15, -0.1) is 0 Å². The van der Waals surface area contributed by atoms with E-state index in [0.29, 0.717) is 11.8 Å². The van der Waals surface area contributed by atoms with Crippen molar-refractivity contribution in [3.8, 4) is 0 Å². The maximum atomic E-state index is 12.6. The van der Waals surface area contributed by atoms with E-state index in [1.165, 1.54) is 0 Å². The molecule has 0 radical (unpaired) electrons. The number of likely N-dealkylation sites (tertiary alicyclic amines) is 1. The predicted octanol–water partition coefficient (Wildman–Crippen LogP) is 2.04. The molecule has 2 aliphatic rings. The molecule has 138 valence electrons. The second-order valence-electron chi connectivity index (χ2n) is 7.61. The minimum atomic E-state index is -0.0152. The van der Waals surface area contributed by atoms with Crippen LogP contribution >= 0.6 is 0 Å². The van der Waals surface area contributed by atoms with Gasteiger partial charge < -0.3 is 9.80 Å². The lowest BCUT2D eigenvalue weighted by molar-refractivity contribution is -0.135. The molecule has 3 heterocycles. The first-order valence-electron chi connectivity index (χ1n) is 9.59. The highest BCUT2D eigenvalue weighted by Gasteiger charge is 2.30. The summed E-state index contributed by atoms with van der Waals surface area (Å²) >= 11 is 0. The lowest BCUT2D eigenvalue weighted by atomic mass is 10.2. The number of anilines is 1. The molecule has 0 N–H and O–H groups in total. The van der Waals surface area contributed by atoms with Gasteiger partial charge in [0.25, 0.3) is 0 Å². The number of hydrogen-bond donors (Lipinski definition) is 0. The molecule has 1 aromatic rings. The summed E-state index contributed by atoms with van der Waals surface area (Å²) in [6.07, 6.45) is 2.30. The van der Waals surface area contributed by atoms with Crippen LogP contribution in [-0.2, 0) is 4.79 Å². The Morgan fingerprint density at radius 3 is 2.24 bits per heavy atom. The number of carbonyl (C=O) groups excluding carboxylic acids is 1. The Labute approximate surface area is 151 Å². The molecule has 0 saturated carbocycles. The summed E-state index contributed by atoms with van der Waals surface area (Å²) in [6.45, 7) is 13.8. The van der Waals surface area contributed by atoms with Crippen molar-refractivity contribution in [1.29, 1.82) is 0 Å². The number of carbonyl (C=O) groups is 1. The van der Waals surface area contributed by atoms with Gasteiger partial charge in [0, 0.05) is 56.9 Å². The molecule has 1 atom stereocenters. The average Bonchev–Trinajstić information content (AvgIpc) is 3.14. The summed E-state index contributed by atoms with van der Waals surface area (Å²) < 4.78 is 0. The standard InChI is InChI=1S/C19H31N5O/c1-14(2)18-20-15(3)13-17(21-18)23-11-9-22(10-12-23)16(4)19(25)24-7-5-6-8-24/h13-14,16H,5-12H2,1-4H3/t16-/m0/s1. The summed E-state index contributed by atoms with van der Waals surface area (Å²) in [6, 6.07) is 2.05. The number of aryl methyl sites for hydroxylation is 1. The van der Waals surface area contributed by atoms with Crippen LogP contribution in [-0.4, -0.2) is 71.0 Å². The van der Waals surface area contributed by atoms with E-state index in [9.17, 15) is 4.79 Å². The molecule has 2 fully saturated rings. The van der Waals surface area contributed by atoms with E-state index >= 15 is 0 Å². The summed E-state index contributed by atoms with van der Waals surface area (Å²) in [4.78, 5) is 28.6. The summed E-state index contributed by atoms with van der Waals surface area (Å²) in [5, 5.41) is 0. The zero-order valence-electron chi connectivity index (χ0n) is 16.0. The number of hydrogen-bond acceptors (Lipinski definition) is 5. The van der Waals surface area contributed by atoms with Gasteiger partial charge in [0.05, 0.1) is 6.04 Å². The molecule has 0 spiro atoms. The minimum Gasteiger partial charge on any atom is -0.354 e. The third kappa shape index (κ3) is 4.11. The van der Waals surface area contributed by atoms with E-state index in [0.717, 1.165) is 69.4 Å². The van der Waals surface area contributed by atoms with Crippen molar-refractivity contribution in [3.05, 3.63) is 17.6 Å². The molecule has 0 aromatic carbocycles. The van der Waals surface area contributed by atoms with Crippen molar-refractivity contribution >= 4 is 11.7 Å². The van der Waals surface area contributed by atoms with E-state index in [1.807, 2.05) is 11.8 Å². The van der Waals surface area contributed by atoms with Gasteiger partial charge in [-0.1, -0.05) is 13.8 Å². The van der Waals surface area contributed by atoms with E-state index in [-0.39, 0.29) is 6.04 Å². The first-order chi connectivity index (χ1) is 12.0. The van der Waals surface area contributed by atoms with Gasteiger partial charge in [-0.3, -0.25) is 9.69 Å². The third-order valence-electron chi connectivity index (χ3n) is 5.34. The fourth-order valence-corrected chi connectivity index (χ4v) is 3.69. The molecule has 2 aliphatic heterocycles. The zero-order valence-corrected chi connectivity index (χ0v) is 16.0. The van der Waals surface area contributed by atoms with Crippen molar-refractivity contribution in [2.24, 2.45) is 0 Å². The molecule has 0 aliphatic carbocycles. The predicted molar refractivity (Wildman–Crippen MR) is 99.9 cm³/mol. The molecular formula is C19H31N5O. The van der Waals surface area contributed by atoms with Gasteiger partial charge in [0.15, 0.2) is 0 Å². The largest absolute Gasteiger partial charge is 0.354 e. The monoisotopic (exact) mass is 345 g/mol. The van der Waals surface area contributed by atoms with Crippen molar-refractivity contribution < 1.29 is 4.79 Å². The van der Waals surface area contributed by atoms with Crippen LogP contribution in [0.25, 0.3) is 0 Å². The lowest BCUT2D eigenvalue weighted by Crippen LogP contribution is -2.54. The van der Waals surface area contributed by atoms with Gasteiger partial charge in [-0.2, -0.15) is 0 Å². The minimum absolute atomic E-state index is 0.0152. The van der Waals surface area contributed by atoms with Crippen LogP contribution in [0, 0.1) is 6.92 Å². The molecule has 1 amide bonds. The Bertz CT molecular complexity index is 604. The van der Waals surface area contributed by atoms with Crippen LogP contribution in [0.3, 0.4) is 0 Å². The lowest BCUT2D eigenvalue weighted by Gasteiger charge is -2.39. The van der Waals surface area contributed by atoms with Gasteiger partial charge in [-0.25, -0.2) is 9.97 Å². The fourth-order valence-electron chi connectivity index (χ4n) is 3.69. The molecular weight excluding hydrogens is 314 g/mol. The van der Waals surface area contributed by atoms with Crippen LogP contribution in [0.2, 0.25) is 0 Å². The number of rotatable bonds is 4.